The summed E-state index contributed by atoms with van der Waals surface area (Å²) in [4.78, 5) is 14.5. The zero-order valence-corrected chi connectivity index (χ0v) is 13.0. The number of likely N-dealkylation sites (tertiary alicyclic amines) is 1. The van der Waals surface area contributed by atoms with Crippen molar-refractivity contribution in [2.75, 3.05) is 6.54 Å². The lowest BCUT2D eigenvalue weighted by Gasteiger charge is -2.27. The average Bonchev–Trinajstić information content (AvgIpc) is 3.19. The Hall–Kier alpha value is -1.55. The van der Waals surface area contributed by atoms with E-state index in [4.69, 9.17) is 4.42 Å². The van der Waals surface area contributed by atoms with E-state index in [0.29, 0.717) is 18.6 Å². The van der Waals surface area contributed by atoms with Crippen LogP contribution in [0.2, 0.25) is 0 Å². The first-order valence-electron chi connectivity index (χ1n) is 8.43. The van der Waals surface area contributed by atoms with E-state index in [0.717, 1.165) is 32.2 Å². The lowest BCUT2D eigenvalue weighted by Crippen LogP contribution is -2.36. The summed E-state index contributed by atoms with van der Waals surface area (Å²) < 4.78 is 5.26. The summed E-state index contributed by atoms with van der Waals surface area (Å²) in [5, 5.41) is 10.2. The van der Waals surface area contributed by atoms with Gasteiger partial charge in [0.25, 0.3) is 0 Å². The molecule has 1 fully saturated rings. The Balaban J connectivity index is 1.57. The normalized spacial score (nSPS) is 23.4. The molecule has 0 saturated carbocycles. The minimum absolute atomic E-state index is 0.136. The lowest BCUT2D eigenvalue weighted by molar-refractivity contribution is -0.131. The summed E-state index contributed by atoms with van der Waals surface area (Å²) in [6.45, 7) is 0.821. The van der Waals surface area contributed by atoms with Crippen LogP contribution in [-0.4, -0.2) is 28.5 Å². The van der Waals surface area contributed by atoms with Crippen LogP contribution in [0.4, 0.5) is 0 Å². The zero-order valence-electron chi connectivity index (χ0n) is 13.0. The number of aliphatic hydroxyl groups is 1. The van der Waals surface area contributed by atoms with Gasteiger partial charge >= 0.3 is 0 Å². The fraction of sp³-hybridized carbons (Fsp3) is 0.611. The molecule has 22 heavy (non-hydrogen) atoms. The Bertz CT molecular complexity index is 520. The highest BCUT2D eigenvalue weighted by molar-refractivity contribution is 5.79. The highest BCUT2D eigenvalue weighted by Crippen LogP contribution is 2.29. The van der Waals surface area contributed by atoms with Crippen molar-refractivity contribution in [3.05, 3.63) is 35.8 Å². The predicted molar refractivity (Wildman–Crippen MR) is 84.2 cm³/mol. The third kappa shape index (κ3) is 3.61. The van der Waals surface area contributed by atoms with Gasteiger partial charge in [-0.3, -0.25) is 4.79 Å². The van der Waals surface area contributed by atoms with Crippen LogP contribution in [0.3, 0.4) is 0 Å². The van der Waals surface area contributed by atoms with Crippen molar-refractivity contribution in [1.29, 1.82) is 0 Å². The Labute approximate surface area is 131 Å². The molecule has 0 aromatic carbocycles. The Morgan fingerprint density at radius 2 is 2.32 bits per heavy atom. The first-order valence-corrected chi connectivity index (χ1v) is 8.43. The van der Waals surface area contributed by atoms with E-state index in [9.17, 15) is 9.90 Å². The fourth-order valence-electron chi connectivity index (χ4n) is 3.62. The van der Waals surface area contributed by atoms with Gasteiger partial charge in [0.05, 0.1) is 6.26 Å². The summed E-state index contributed by atoms with van der Waals surface area (Å²) in [5.41, 5.74) is 1.30. The number of rotatable bonds is 5. The van der Waals surface area contributed by atoms with Crippen LogP contribution in [0.5, 0.6) is 0 Å². The van der Waals surface area contributed by atoms with E-state index in [1.807, 2.05) is 4.90 Å². The third-order valence-electron chi connectivity index (χ3n) is 4.83. The Morgan fingerprint density at radius 3 is 3.05 bits per heavy atom. The van der Waals surface area contributed by atoms with Crippen LogP contribution < -0.4 is 0 Å². The summed E-state index contributed by atoms with van der Waals surface area (Å²) in [5.74, 6) is 0.816. The highest BCUT2D eigenvalue weighted by atomic mass is 16.4. The van der Waals surface area contributed by atoms with Crippen LogP contribution in [0.15, 0.2) is 34.5 Å². The molecule has 1 aliphatic carbocycles. The Kier molecular flexibility index (Phi) is 4.98. The number of carbonyl (C=O) groups excluding carboxylic acids is 1. The third-order valence-corrected chi connectivity index (χ3v) is 4.83. The summed E-state index contributed by atoms with van der Waals surface area (Å²) >= 11 is 0. The van der Waals surface area contributed by atoms with Gasteiger partial charge < -0.3 is 14.4 Å². The van der Waals surface area contributed by atoms with Crippen LogP contribution in [0.1, 0.15) is 63.2 Å². The second kappa shape index (κ2) is 7.14. The Morgan fingerprint density at radius 1 is 1.41 bits per heavy atom. The largest absolute Gasteiger partial charge is 0.467 e. The summed E-state index contributed by atoms with van der Waals surface area (Å²) in [6, 6.07) is 3.71. The monoisotopic (exact) mass is 303 g/mol. The molecular formula is C18H25NO3. The van der Waals surface area contributed by atoms with E-state index in [-0.39, 0.29) is 11.9 Å². The molecule has 120 valence electrons. The highest BCUT2D eigenvalue weighted by Gasteiger charge is 2.31. The van der Waals surface area contributed by atoms with Crippen LogP contribution in [-0.2, 0) is 4.79 Å². The van der Waals surface area contributed by atoms with Gasteiger partial charge in [-0.1, -0.05) is 11.6 Å². The quantitative estimate of drug-likeness (QED) is 0.846. The van der Waals surface area contributed by atoms with Gasteiger partial charge in [-0.2, -0.15) is 0 Å². The van der Waals surface area contributed by atoms with Gasteiger partial charge in [0.1, 0.15) is 11.9 Å². The number of furan rings is 1. The van der Waals surface area contributed by atoms with Crippen molar-refractivity contribution < 1.29 is 14.3 Å². The van der Waals surface area contributed by atoms with E-state index in [1.54, 1.807) is 18.4 Å². The second-order valence-electron chi connectivity index (χ2n) is 6.44. The van der Waals surface area contributed by atoms with Gasteiger partial charge in [-0.15, -0.1) is 0 Å². The van der Waals surface area contributed by atoms with Crippen LogP contribution >= 0.6 is 0 Å². The van der Waals surface area contributed by atoms with Crippen molar-refractivity contribution in [3.8, 4) is 0 Å². The molecule has 1 N–H and O–H groups in total. The zero-order chi connectivity index (χ0) is 15.4. The van der Waals surface area contributed by atoms with Crippen molar-refractivity contribution >= 4 is 5.91 Å². The van der Waals surface area contributed by atoms with E-state index in [2.05, 4.69) is 6.08 Å². The average molecular weight is 303 g/mol. The number of carbonyl (C=O) groups is 1. The molecule has 1 saturated heterocycles. The number of aliphatic hydroxyl groups excluding tert-OH is 1. The van der Waals surface area contributed by atoms with Crippen LogP contribution in [0.25, 0.3) is 0 Å². The number of amides is 1. The minimum atomic E-state index is -0.623. The number of allylic oxidation sites excluding steroid dienone is 1. The standard InChI is InChI=1S/C18H25NO3/c20-16(17-9-5-11-22-17)13-15-8-4-10-19(15)18(21)12-14-6-2-1-3-7-14/h5-6,9,11,15-16,20H,1-4,7-8,10,12-13H2/t15-,16-/m1/s1. The molecule has 2 heterocycles. The lowest BCUT2D eigenvalue weighted by atomic mass is 9.96. The number of hydrogen-bond donors (Lipinski definition) is 1. The molecule has 4 heteroatoms. The molecule has 1 aromatic rings. The topological polar surface area (TPSA) is 53.7 Å². The molecule has 2 atom stereocenters. The second-order valence-corrected chi connectivity index (χ2v) is 6.44. The maximum atomic E-state index is 12.6. The first kappa shape index (κ1) is 15.3. The van der Waals surface area contributed by atoms with E-state index < -0.39 is 6.10 Å². The van der Waals surface area contributed by atoms with Crippen molar-refractivity contribution in [1.82, 2.24) is 4.90 Å². The van der Waals surface area contributed by atoms with E-state index >= 15 is 0 Å². The molecule has 1 amide bonds. The summed E-state index contributed by atoms with van der Waals surface area (Å²) in [7, 11) is 0. The molecular weight excluding hydrogens is 278 g/mol. The molecule has 1 aromatic heterocycles. The summed E-state index contributed by atoms with van der Waals surface area (Å²) in [6.07, 6.45) is 11.0. The van der Waals surface area contributed by atoms with Gasteiger partial charge in [0.15, 0.2) is 0 Å². The molecule has 0 bridgehead atoms. The predicted octanol–water partition coefficient (Wildman–Crippen LogP) is 3.58. The van der Waals surface area contributed by atoms with E-state index in [1.165, 1.54) is 18.4 Å². The molecule has 4 nitrogen and oxygen atoms in total. The molecule has 1 aliphatic heterocycles. The minimum Gasteiger partial charge on any atom is -0.467 e. The maximum Gasteiger partial charge on any atom is 0.226 e. The molecule has 2 aliphatic rings. The van der Waals surface area contributed by atoms with Gasteiger partial charge in [0.2, 0.25) is 5.91 Å². The maximum absolute atomic E-state index is 12.6. The van der Waals surface area contributed by atoms with Crippen molar-refractivity contribution in [2.24, 2.45) is 0 Å². The molecule has 0 radical (unpaired) electrons. The van der Waals surface area contributed by atoms with Gasteiger partial charge in [0, 0.05) is 25.4 Å². The van der Waals surface area contributed by atoms with Crippen LogP contribution in [0, 0.1) is 0 Å². The van der Waals surface area contributed by atoms with Crippen molar-refractivity contribution in [3.63, 3.8) is 0 Å². The smallest absolute Gasteiger partial charge is 0.226 e. The van der Waals surface area contributed by atoms with Gasteiger partial charge in [-0.05, 0) is 50.7 Å². The number of hydrogen-bond acceptors (Lipinski definition) is 3. The fourth-order valence-corrected chi connectivity index (χ4v) is 3.62. The molecule has 0 spiro atoms. The van der Waals surface area contributed by atoms with Gasteiger partial charge in [-0.25, -0.2) is 0 Å². The van der Waals surface area contributed by atoms with Crippen molar-refractivity contribution in [2.45, 2.75) is 63.5 Å². The SMILES string of the molecule is O=C(CC1=CCCCC1)N1CCC[C@@H]1C[C@@H](O)c1ccco1. The molecule has 3 rings (SSSR count). The molecule has 0 unspecified atom stereocenters. The number of nitrogens with zero attached hydrogens (tertiary/aromatic N) is 1. The first-order chi connectivity index (χ1) is 10.7.